The summed E-state index contributed by atoms with van der Waals surface area (Å²) in [6.45, 7) is 4.97. The van der Waals surface area contributed by atoms with E-state index in [0.717, 1.165) is 0 Å². The van der Waals surface area contributed by atoms with Crippen molar-refractivity contribution in [3.63, 3.8) is 0 Å². The first kappa shape index (κ1) is 18.4. The second-order valence-corrected chi connectivity index (χ2v) is 5.78. The minimum Gasteiger partial charge on any atom is -0.491 e. The molecule has 0 aromatic heterocycles. The molecule has 0 radical (unpaired) electrons. The van der Waals surface area contributed by atoms with Gasteiger partial charge in [0.2, 0.25) is 0 Å². The van der Waals surface area contributed by atoms with Crippen LogP contribution in [0.1, 0.15) is 29.8 Å². The van der Waals surface area contributed by atoms with Crippen molar-refractivity contribution in [3.8, 4) is 5.75 Å². The van der Waals surface area contributed by atoms with E-state index < -0.39 is 24.3 Å². The van der Waals surface area contributed by atoms with Crippen LogP contribution in [0.15, 0.2) is 42.5 Å². The van der Waals surface area contributed by atoms with Crippen LogP contribution < -0.4 is 10.1 Å². The molecule has 0 unspecified atom stereocenters. The first-order chi connectivity index (χ1) is 11.8. The van der Waals surface area contributed by atoms with Gasteiger partial charge in [-0.25, -0.2) is 9.18 Å². The minimum atomic E-state index is -0.624. The number of halogens is 1. The van der Waals surface area contributed by atoms with Crippen molar-refractivity contribution in [3.05, 3.63) is 59.4 Å². The molecular weight excluding hydrogens is 325 g/mol. The Balaban J connectivity index is 1.86. The van der Waals surface area contributed by atoms with Crippen LogP contribution in [0, 0.1) is 12.7 Å². The predicted molar refractivity (Wildman–Crippen MR) is 92.3 cm³/mol. The van der Waals surface area contributed by atoms with Crippen molar-refractivity contribution in [2.24, 2.45) is 0 Å². The quantitative estimate of drug-likeness (QED) is 0.811. The van der Waals surface area contributed by atoms with E-state index in [-0.39, 0.29) is 6.10 Å². The highest BCUT2D eigenvalue weighted by Gasteiger charge is 2.11. The summed E-state index contributed by atoms with van der Waals surface area (Å²) in [5, 5.41) is 2.47. The third-order valence-electron chi connectivity index (χ3n) is 3.25. The summed E-state index contributed by atoms with van der Waals surface area (Å²) in [4.78, 5) is 23.7. The molecule has 2 rings (SSSR count). The molecule has 0 atom stereocenters. The zero-order chi connectivity index (χ0) is 18.4. The number of esters is 1. The molecule has 0 aliphatic carbocycles. The molecule has 0 aliphatic rings. The lowest BCUT2D eigenvalue weighted by Crippen LogP contribution is -2.21. The molecule has 0 spiro atoms. The van der Waals surface area contributed by atoms with Gasteiger partial charge in [0.05, 0.1) is 11.7 Å². The summed E-state index contributed by atoms with van der Waals surface area (Å²) in [7, 11) is 0. The van der Waals surface area contributed by atoms with E-state index in [4.69, 9.17) is 9.47 Å². The molecule has 1 N–H and O–H groups in total. The van der Waals surface area contributed by atoms with Gasteiger partial charge < -0.3 is 14.8 Å². The minimum absolute atomic E-state index is 0.0353. The summed E-state index contributed by atoms with van der Waals surface area (Å²) >= 11 is 0. The smallest absolute Gasteiger partial charge is 0.338 e. The molecule has 0 fully saturated rings. The molecule has 132 valence electrons. The summed E-state index contributed by atoms with van der Waals surface area (Å²) in [5.41, 5.74) is 1.10. The van der Waals surface area contributed by atoms with Crippen molar-refractivity contribution >= 4 is 17.6 Å². The Morgan fingerprint density at radius 3 is 2.40 bits per heavy atom. The van der Waals surface area contributed by atoms with Crippen molar-refractivity contribution in [1.29, 1.82) is 0 Å². The first-order valence-electron chi connectivity index (χ1n) is 7.85. The average Bonchev–Trinajstić information content (AvgIpc) is 2.56. The maximum Gasteiger partial charge on any atom is 0.338 e. The Morgan fingerprint density at radius 2 is 1.80 bits per heavy atom. The average molecular weight is 345 g/mol. The lowest BCUT2D eigenvalue weighted by atomic mass is 10.2. The highest BCUT2D eigenvalue weighted by Crippen LogP contribution is 2.15. The Labute approximate surface area is 145 Å². The van der Waals surface area contributed by atoms with E-state index in [1.807, 2.05) is 13.8 Å². The van der Waals surface area contributed by atoms with E-state index in [0.29, 0.717) is 22.6 Å². The number of anilines is 1. The molecule has 0 heterocycles. The summed E-state index contributed by atoms with van der Waals surface area (Å²) in [5.74, 6) is -0.943. The third-order valence-corrected chi connectivity index (χ3v) is 3.25. The van der Waals surface area contributed by atoms with Crippen LogP contribution in [0.2, 0.25) is 0 Å². The van der Waals surface area contributed by atoms with E-state index in [1.54, 1.807) is 43.3 Å². The topological polar surface area (TPSA) is 64.6 Å². The highest BCUT2D eigenvalue weighted by molar-refractivity contribution is 5.95. The van der Waals surface area contributed by atoms with Gasteiger partial charge in [-0.15, -0.1) is 0 Å². The Bertz CT molecular complexity index is 757. The lowest BCUT2D eigenvalue weighted by Gasteiger charge is -2.10. The SMILES string of the molecule is Cc1ccc(NC(=O)COC(=O)c2ccc(OC(C)C)cc2)cc1F. The van der Waals surface area contributed by atoms with Crippen LogP contribution in [-0.2, 0) is 9.53 Å². The number of benzene rings is 2. The standard InChI is InChI=1S/C19H20FNO4/c1-12(2)25-16-8-5-14(6-9-16)19(23)24-11-18(22)21-15-7-4-13(3)17(20)10-15/h4-10,12H,11H2,1-3H3,(H,21,22). The van der Waals surface area contributed by atoms with Gasteiger partial charge in [0.15, 0.2) is 6.61 Å². The summed E-state index contributed by atoms with van der Waals surface area (Å²) < 4.78 is 23.9. The number of nitrogens with one attached hydrogen (secondary N) is 1. The third kappa shape index (κ3) is 5.60. The molecule has 6 heteroatoms. The second kappa shape index (κ2) is 8.28. The van der Waals surface area contributed by atoms with Crippen molar-refractivity contribution < 1.29 is 23.5 Å². The van der Waals surface area contributed by atoms with Crippen molar-refractivity contribution in [2.45, 2.75) is 26.9 Å². The predicted octanol–water partition coefficient (Wildman–Crippen LogP) is 3.72. The lowest BCUT2D eigenvalue weighted by molar-refractivity contribution is -0.119. The number of carbonyl (C=O) groups is 2. The van der Waals surface area contributed by atoms with Crippen LogP contribution in [0.25, 0.3) is 0 Å². The van der Waals surface area contributed by atoms with Gasteiger partial charge in [0.25, 0.3) is 5.91 Å². The van der Waals surface area contributed by atoms with Gasteiger partial charge in [-0.2, -0.15) is 0 Å². The van der Waals surface area contributed by atoms with Crippen LogP contribution in [0.3, 0.4) is 0 Å². The van der Waals surface area contributed by atoms with E-state index >= 15 is 0 Å². The molecule has 0 bridgehead atoms. The fraction of sp³-hybridized carbons (Fsp3) is 0.263. The van der Waals surface area contributed by atoms with E-state index in [1.165, 1.54) is 6.07 Å². The van der Waals surface area contributed by atoms with Gasteiger partial charge in [-0.3, -0.25) is 4.79 Å². The van der Waals surface area contributed by atoms with Gasteiger partial charge in [0, 0.05) is 5.69 Å². The van der Waals surface area contributed by atoms with Crippen LogP contribution in [0.5, 0.6) is 5.75 Å². The van der Waals surface area contributed by atoms with Crippen LogP contribution >= 0.6 is 0 Å². The maximum absolute atomic E-state index is 13.4. The van der Waals surface area contributed by atoms with Crippen molar-refractivity contribution in [1.82, 2.24) is 0 Å². The largest absolute Gasteiger partial charge is 0.491 e. The fourth-order valence-corrected chi connectivity index (χ4v) is 2.02. The number of hydrogen-bond acceptors (Lipinski definition) is 4. The second-order valence-electron chi connectivity index (χ2n) is 5.78. The molecule has 2 aromatic carbocycles. The zero-order valence-electron chi connectivity index (χ0n) is 14.3. The molecule has 0 saturated carbocycles. The maximum atomic E-state index is 13.4. The van der Waals surface area contributed by atoms with Crippen LogP contribution in [-0.4, -0.2) is 24.6 Å². The monoisotopic (exact) mass is 345 g/mol. The molecule has 5 nitrogen and oxygen atoms in total. The molecular formula is C19H20FNO4. The highest BCUT2D eigenvalue weighted by atomic mass is 19.1. The van der Waals surface area contributed by atoms with Crippen molar-refractivity contribution in [2.75, 3.05) is 11.9 Å². The number of aryl methyl sites for hydroxylation is 1. The molecule has 1 amide bonds. The number of ether oxygens (including phenoxy) is 2. The number of amides is 1. The summed E-state index contributed by atoms with van der Waals surface area (Å²) in [6.07, 6.45) is 0.0353. The Hall–Kier alpha value is -2.89. The molecule has 2 aromatic rings. The van der Waals surface area contributed by atoms with Crippen LogP contribution in [0.4, 0.5) is 10.1 Å². The van der Waals surface area contributed by atoms with Gasteiger partial charge >= 0.3 is 5.97 Å². The molecule has 0 saturated heterocycles. The molecule has 25 heavy (non-hydrogen) atoms. The molecule has 0 aliphatic heterocycles. The van der Waals surface area contributed by atoms with Gasteiger partial charge in [-0.1, -0.05) is 6.07 Å². The first-order valence-corrected chi connectivity index (χ1v) is 7.85. The fourth-order valence-electron chi connectivity index (χ4n) is 2.02. The van der Waals surface area contributed by atoms with E-state index in [9.17, 15) is 14.0 Å². The Morgan fingerprint density at radius 1 is 1.12 bits per heavy atom. The summed E-state index contributed by atoms with van der Waals surface area (Å²) in [6, 6.07) is 10.8. The normalized spacial score (nSPS) is 10.4. The van der Waals surface area contributed by atoms with Gasteiger partial charge in [-0.05, 0) is 62.7 Å². The van der Waals surface area contributed by atoms with Gasteiger partial charge in [0.1, 0.15) is 11.6 Å². The van der Waals surface area contributed by atoms with E-state index in [2.05, 4.69) is 5.32 Å². The number of hydrogen-bond donors (Lipinski definition) is 1. The number of rotatable bonds is 6. The Kier molecular flexibility index (Phi) is 6.11. The zero-order valence-corrected chi connectivity index (χ0v) is 14.3. The number of carbonyl (C=O) groups excluding carboxylic acids is 2.